The van der Waals surface area contributed by atoms with E-state index >= 15 is 0 Å². The van der Waals surface area contributed by atoms with Crippen LogP contribution in [0.15, 0.2) is 18.3 Å². The zero-order chi connectivity index (χ0) is 14.1. The molecule has 0 aliphatic heterocycles. The molecule has 3 nitrogen and oxygen atoms in total. The predicted molar refractivity (Wildman–Crippen MR) is 85.5 cm³/mol. The van der Waals surface area contributed by atoms with E-state index in [0.29, 0.717) is 6.04 Å². The summed E-state index contributed by atoms with van der Waals surface area (Å²) in [7, 11) is 0. The molecule has 4 heteroatoms. The third-order valence-corrected chi connectivity index (χ3v) is 3.55. The van der Waals surface area contributed by atoms with Crippen molar-refractivity contribution in [3.63, 3.8) is 0 Å². The van der Waals surface area contributed by atoms with Crippen molar-refractivity contribution in [3.05, 3.63) is 18.3 Å². The Balaban J connectivity index is 2.99. The molecule has 0 aliphatic carbocycles. The van der Waals surface area contributed by atoms with Crippen LogP contribution in [0.2, 0.25) is 0 Å². The summed E-state index contributed by atoms with van der Waals surface area (Å²) in [6.45, 7) is 8.26. The Hall–Kier alpha value is -0.770. The van der Waals surface area contributed by atoms with E-state index in [4.69, 9.17) is 4.74 Å². The zero-order valence-corrected chi connectivity index (χ0v) is 13.8. The van der Waals surface area contributed by atoms with Gasteiger partial charge in [-0.2, -0.15) is 0 Å². The molecule has 1 rings (SSSR count). The van der Waals surface area contributed by atoms with Gasteiger partial charge in [0.05, 0.1) is 6.61 Å². The molecule has 0 atom stereocenters. The van der Waals surface area contributed by atoms with Gasteiger partial charge >= 0.3 is 0 Å². The number of rotatable bonds is 9. The van der Waals surface area contributed by atoms with Gasteiger partial charge in [0.25, 0.3) is 0 Å². The van der Waals surface area contributed by atoms with Gasteiger partial charge in [-0.1, -0.05) is 36.7 Å². The van der Waals surface area contributed by atoms with Crippen LogP contribution in [0.1, 0.15) is 40.0 Å². The fraction of sp³-hybridized carbons (Fsp3) is 0.667. The molecule has 0 fully saturated rings. The van der Waals surface area contributed by atoms with E-state index < -0.39 is 0 Å². The molecular formula is C15H25BrN2O. The Morgan fingerprint density at radius 2 is 2.05 bits per heavy atom. The Morgan fingerprint density at radius 3 is 2.63 bits per heavy atom. The second-order valence-corrected chi connectivity index (χ2v) is 5.32. The average Bonchev–Trinajstić information content (AvgIpc) is 2.46. The van der Waals surface area contributed by atoms with E-state index in [2.05, 4.69) is 46.6 Å². The molecular weight excluding hydrogens is 304 g/mol. The van der Waals surface area contributed by atoms with E-state index in [1.807, 2.05) is 18.3 Å². The maximum absolute atomic E-state index is 5.83. The second kappa shape index (κ2) is 9.18. The Morgan fingerprint density at radius 1 is 1.32 bits per heavy atom. The van der Waals surface area contributed by atoms with E-state index in [1.165, 1.54) is 0 Å². The number of alkyl halides is 1. The lowest BCUT2D eigenvalue weighted by Gasteiger charge is -2.32. The van der Waals surface area contributed by atoms with Crippen LogP contribution < -0.4 is 9.64 Å². The van der Waals surface area contributed by atoms with Crippen molar-refractivity contribution in [2.24, 2.45) is 0 Å². The Bertz CT molecular complexity index is 356. The van der Waals surface area contributed by atoms with Crippen LogP contribution in [-0.4, -0.2) is 29.5 Å². The van der Waals surface area contributed by atoms with Crippen molar-refractivity contribution in [1.82, 2.24) is 4.98 Å². The first-order chi connectivity index (χ1) is 9.28. The van der Waals surface area contributed by atoms with Gasteiger partial charge in [0.15, 0.2) is 11.6 Å². The van der Waals surface area contributed by atoms with Crippen LogP contribution in [0, 0.1) is 0 Å². The molecule has 0 aliphatic rings. The first-order valence-electron chi connectivity index (χ1n) is 7.18. The third kappa shape index (κ3) is 4.68. The number of nitrogens with zero attached hydrogens (tertiary/aromatic N) is 2. The predicted octanol–water partition coefficient (Wildman–Crippen LogP) is 4.26. The summed E-state index contributed by atoms with van der Waals surface area (Å²) < 4.78 is 5.83. The summed E-state index contributed by atoms with van der Waals surface area (Å²) >= 11 is 3.54. The molecule has 0 saturated heterocycles. The highest BCUT2D eigenvalue weighted by molar-refractivity contribution is 9.09. The van der Waals surface area contributed by atoms with Crippen LogP contribution in [0.25, 0.3) is 0 Å². The Kier molecular flexibility index (Phi) is 7.87. The highest BCUT2D eigenvalue weighted by atomic mass is 79.9. The largest absolute Gasteiger partial charge is 0.490 e. The summed E-state index contributed by atoms with van der Waals surface area (Å²) in [6.07, 6.45) is 5.09. The topological polar surface area (TPSA) is 25.4 Å². The highest BCUT2D eigenvalue weighted by Gasteiger charge is 2.19. The number of pyridine rings is 1. The quantitative estimate of drug-likeness (QED) is 0.633. The minimum atomic E-state index is 0.511. The number of hydrogen-bond donors (Lipinski definition) is 0. The molecule has 0 aromatic carbocycles. The summed E-state index contributed by atoms with van der Waals surface area (Å²) in [5.74, 6) is 1.88. The molecule has 0 N–H and O–H groups in total. The normalized spacial score (nSPS) is 10.8. The molecule has 0 bridgehead atoms. The molecule has 0 amide bonds. The lowest BCUT2D eigenvalue weighted by molar-refractivity contribution is 0.315. The summed E-state index contributed by atoms with van der Waals surface area (Å²) in [5.41, 5.74) is 0. The monoisotopic (exact) mass is 328 g/mol. The first kappa shape index (κ1) is 16.3. The van der Waals surface area contributed by atoms with Crippen LogP contribution >= 0.6 is 15.9 Å². The number of aromatic nitrogens is 1. The molecule has 19 heavy (non-hydrogen) atoms. The summed E-state index contributed by atoms with van der Waals surface area (Å²) in [5, 5.41) is 0.938. The van der Waals surface area contributed by atoms with E-state index in [1.54, 1.807) is 0 Å². The van der Waals surface area contributed by atoms with Gasteiger partial charge in [0.2, 0.25) is 0 Å². The number of hydrogen-bond acceptors (Lipinski definition) is 3. The van der Waals surface area contributed by atoms with Crippen molar-refractivity contribution >= 4 is 21.7 Å². The number of anilines is 1. The third-order valence-electron chi connectivity index (χ3n) is 3.19. The summed E-state index contributed by atoms with van der Waals surface area (Å²) in [6, 6.07) is 4.46. The standard InChI is InChI=1S/C15H25BrN2O/c1-4-12-19-14-8-7-10-17-15(14)18(11-9-16)13(5-2)6-3/h7-8,10,13H,4-6,9,11-12H2,1-3H3. The average molecular weight is 329 g/mol. The van der Waals surface area contributed by atoms with Gasteiger partial charge in [-0.15, -0.1) is 0 Å². The fourth-order valence-corrected chi connectivity index (χ4v) is 2.59. The van der Waals surface area contributed by atoms with E-state index in [9.17, 15) is 0 Å². The lowest BCUT2D eigenvalue weighted by Crippen LogP contribution is -2.37. The summed E-state index contributed by atoms with van der Waals surface area (Å²) in [4.78, 5) is 6.91. The molecule has 1 aromatic heterocycles. The van der Waals surface area contributed by atoms with Crippen LogP contribution in [-0.2, 0) is 0 Å². The van der Waals surface area contributed by atoms with Crippen LogP contribution in [0.3, 0.4) is 0 Å². The molecule has 0 unspecified atom stereocenters. The van der Waals surface area contributed by atoms with Crippen molar-refractivity contribution in [1.29, 1.82) is 0 Å². The maximum Gasteiger partial charge on any atom is 0.171 e. The zero-order valence-electron chi connectivity index (χ0n) is 12.2. The van der Waals surface area contributed by atoms with E-state index in [0.717, 1.165) is 49.3 Å². The van der Waals surface area contributed by atoms with Gasteiger partial charge in [-0.3, -0.25) is 0 Å². The maximum atomic E-state index is 5.83. The smallest absolute Gasteiger partial charge is 0.171 e. The van der Waals surface area contributed by atoms with Gasteiger partial charge < -0.3 is 9.64 Å². The fourth-order valence-electron chi connectivity index (χ4n) is 2.20. The lowest BCUT2D eigenvalue weighted by atomic mass is 10.1. The van der Waals surface area contributed by atoms with Crippen molar-refractivity contribution in [3.8, 4) is 5.75 Å². The highest BCUT2D eigenvalue weighted by Crippen LogP contribution is 2.28. The molecule has 0 radical (unpaired) electrons. The number of ether oxygens (including phenoxy) is 1. The molecule has 108 valence electrons. The van der Waals surface area contributed by atoms with Crippen molar-refractivity contribution < 1.29 is 4.74 Å². The van der Waals surface area contributed by atoms with Gasteiger partial charge in [0.1, 0.15) is 0 Å². The second-order valence-electron chi connectivity index (χ2n) is 4.53. The molecule has 0 spiro atoms. The molecule has 0 saturated carbocycles. The first-order valence-corrected chi connectivity index (χ1v) is 8.30. The minimum Gasteiger partial charge on any atom is -0.490 e. The van der Waals surface area contributed by atoms with Gasteiger partial charge in [-0.05, 0) is 31.4 Å². The van der Waals surface area contributed by atoms with Crippen LogP contribution in [0.5, 0.6) is 5.75 Å². The molecule has 1 heterocycles. The SMILES string of the molecule is CCCOc1cccnc1N(CCBr)C(CC)CC. The molecule has 1 aromatic rings. The van der Waals surface area contributed by atoms with Crippen LogP contribution in [0.4, 0.5) is 5.82 Å². The van der Waals surface area contributed by atoms with Crippen molar-refractivity contribution in [2.45, 2.75) is 46.1 Å². The minimum absolute atomic E-state index is 0.511. The number of halogens is 1. The van der Waals surface area contributed by atoms with Crippen molar-refractivity contribution in [2.75, 3.05) is 23.4 Å². The van der Waals surface area contributed by atoms with E-state index in [-0.39, 0.29) is 0 Å². The van der Waals surface area contributed by atoms with Gasteiger partial charge in [0, 0.05) is 24.1 Å². The van der Waals surface area contributed by atoms with Gasteiger partial charge in [-0.25, -0.2) is 4.98 Å². The Labute approximate surface area is 125 Å².